The van der Waals surface area contributed by atoms with Gasteiger partial charge >= 0.3 is 0 Å². The van der Waals surface area contributed by atoms with E-state index in [9.17, 15) is 19.6 Å². The van der Waals surface area contributed by atoms with E-state index < -0.39 is 5.92 Å². The fourth-order valence-corrected chi connectivity index (χ4v) is 5.30. The summed E-state index contributed by atoms with van der Waals surface area (Å²) in [5.74, 6) is -1.07. The highest BCUT2D eigenvalue weighted by molar-refractivity contribution is 8.01. The molecule has 186 valence electrons. The van der Waals surface area contributed by atoms with Gasteiger partial charge in [-0.2, -0.15) is 5.26 Å². The fourth-order valence-electron chi connectivity index (χ4n) is 3.71. The highest BCUT2D eigenvalue weighted by Gasteiger charge is 2.40. The summed E-state index contributed by atoms with van der Waals surface area (Å²) < 4.78 is 0. The highest BCUT2D eigenvalue weighted by atomic mass is 32.2. The largest absolute Gasteiger partial charge is 0.385 e. The molecule has 10 heteroatoms. The van der Waals surface area contributed by atoms with Crippen molar-refractivity contribution in [2.45, 2.75) is 44.2 Å². The molecular weight excluding hydrogens is 452 g/mol. The molecular formula is C24H36N6O3S. The van der Waals surface area contributed by atoms with Crippen LogP contribution in [0.15, 0.2) is 24.3 Å². The molecule has 1 fully saturated rings. The van der Waals surface area contributed by atoms with Crippen LogP contribution in [0.3, 0.4) is 0 Å². The van der Waals surface area contributed by atoms with Gasteiger partial charge in [0.1, 0.15) is 5.92 Å². The van der Waals surface area contributed by atoms with Gasteiger partial charge in [0, 0.05) is 37.4 Å². The highest BCUT2D eigenvalue weighted by Crippen LogP contribution is 2.37. The summed E-state index contributed by atoms with van der Waals surface area (Å²) in [5.41, 5.74) is 1.58. The minimum Gasteiger partial charge on any atom is -0.385 e. The summed E-state index contributed by atoms with van der Waals surface area (Å²) in [4.78, 5) is 40.8. The van der Waals surface area contributed by atoms with Gasteiger partial charge in [0.25, 0.3) is 0 Å². The number of hydrogen-bond acceptors (Lipinski definition) is 7. The van der Waals surface area contributed by atoms with E-state index in [0.717, 1.165) is 17.9 Å². The Kier molecular flexibility index (Phi) is 11.2. The van der Waals surface area contributed by atoms with E-state index in [1.807, 2.05) is 57.0 Å². The number of rotatable bonds is 13. The van der Waals surface area contributed by atoms with E-state index in [-0.39, 0.29) is 28.3 Å². The van der Waals surface area contributed by atoms with Crippen LogP contribution in [0.2, 0.25) is 0 Å². The van der Waals surface area contributed by atoms with Gasteiger partial charge in [0.05, 0.1) is 23.2 Å². The van der Waals surface area contributed by atoms with Gasteiger partial charge in [-0.15, -0.1) is 11.8 Å². The summed E-state index contributed by atoms with van der Waals surface area (Å²) in [5, 5.41) is 17.9. The quantitative estimate of drug-likeness (QED) is 0.390. The molecule has 1 aromatic rings. The summed E-state index contributed by atoms with van der Waals surface area (Å²) in [6, 6.07) is 9.58. The van der Waals surface area contributed by atoms with E-state index in [2.05, 4.69) is 22.0 Å². The second-order valence-corrected chi connectivity index (χ2v) is 9.58. The van der Waals surface area contributed by atoms with Crippen LogP contribution in [0.1, 0.15) is 33.6 Å². The number of thioether (sulfide) groups is 1. The zero-order valence-electron chi connectivity index (χ0n) is 20.5. The maximum atomic E-state index is 12.9. The Labute approximate surface area is 206 Å². The maximum absolute atomic E-state index is 12.9. The van der Waals surface area contributed by atoms with Crippen molar-refractivity contribution in [2.24, 2.45) is 5.92 Å². The van der Waals surface area contributed by atoms with E-state index in [4.69, 9.17) is 0 Å². The monoisotopic (exact) mass is 488 g/mol. The molecule has 0 saturated carbocycles. The number of nitriles is 1. The predicted octanol–water partition coefficient (Wildman–Crippen LogP) is 2.33. The van der Waals surface area contributed by atoms with Crippen LogP contribution in [0.4, 0.5) is 11.4 Å². The van der Waals surface area contributed by atoms with E-state index in [1.54, 1.807) is 4.90 Å². The van der Waals surface area contributed by atoms with Gasteiger partial charge in [-0.1, -0.05) is 13.0 Å². The van der Waals surface area contributed by atoms with E-state index in [1.165, 1.54) is 11.8 Å². The van der Waals surface area contributed by atoms with Crippen LogP contribution in [0, 0.1) is 17.2 Å². The van der Waals surface area contributed by atoms with Gasteiger partial charge in [0.15, 0.2) is 0 Å². The third kappa shape index (κ3) is 7.92. The number of carbonyl (C=O) groups excluding carboxylic acids is 3. The summed E-state index contributed by atoms with van der Waals surface area (Å²) in [6.07, 6.45) is 0.943. The minimum absolute atomic E-state index is 0.0490. The summed E-state index contributed by atoms with van der Waals surface area (Å²) >= 11 is 1.53. The van der Waals surface area contributed by atoms with Crippen LogP contribution >= 0.6 is 11.8 Å². The first-order valence-electron chi connectivity index (χ1n) is 11.8. The van der Waals surface area contributed by atoms with Crippen molar-refractivity contribution in [3.63, 3.8) is 0 Å². The van der Waals surface area contributed by atoms with E-state index in [0.29, 0.717) is 39.0 Å². The Morgan fingerprint density at radius 3 is 2.65 bits per heavy atom. The Morgan fingerprint density at radius 2 is 2.00 bits per heavy atom. The molecule has 3 amide bonds. The number of benzene rings is 1. The molecule has 1 saturated heterocycles. The number of nitrogens with one attached hydrogen (secondary N) is 3. The van der Waals surface area contributed by atoms with Crippen molar-refractivity contribution < 1.29 is 14.4 Å². The molecule has 1 heterocycles. The molecule has 3 atom stereocenters. The Morgan fingerprint density at radius 1 is 1.26 bits per heavy atom. The van der Waals surface area contributed by atoms with Crippen molar-refractivity contribution in [1.82, 2.24) is 15.1 Å². The Balaban J connectivity index is 1.90. The van der Waals surface area contributed by atoms with Crippen LogP contribution in [0.5, 0.6) is 0 Å². The normalized spacial score (nSPS) is 18.5. The third-order valence-corrected chi connectivity index (χ3v) is 7.19. The van der Waals surface area contributed by atoms with Gasteiger partial charge < -0.3 is 20.9 Å². The molecule has 3 unspecified atom stereocenters. The first kappa shape index (κ1) is 27.5. The standard InChI is InChI=1S/C24H36N6O3S/c1-5-26-23(32)17(15-25)13-22-30(7-3)24(33)20(34-22)11-12-27-18-9-8-10-19(14-18)28-21(31)16-29(4)6-2/h8-10,14,17,20,22,27H,5-7,11-13,16H2,1-4H3,(H,26,32)(H,28,31). The molecule has 34 heavy (non-hydrogen) atoms. The molecule has 0 radical (unpaired) electrons. The minimum atomic E-state index is -0.772. The van der Waals surface area contributed by atoms with Crippen LogP contribution in [-0.4, -0.2) is 77.9 Å². The average Bonchev–Trinajstić information content (AvgIpc) is 3.11. The molecule has 0 spiro atoms. The van der Waals surface area contributed by atoms with Crippen LogP contribution in [0.25, 0.3) is 0 Å². The average molecular weight is 489 g/mol. The molecule has 0 bridgehead atoms. The molecule has 0 aromatic heterocycles. The molecule has 9 nitrogen and oxygen atoms in total. The zero-order chi connectivity index (χ0) is 25.1. The van der Waals surface area contributed by atoms with Crippen molar-refractivity contribution in [3.05, 3.63) is 24.3 Å². The smallest absolute Gasteiger partial charge is 0.238 e. The molecule has 2 rings (SSSR count). The maximum Gasteiger partial charge on any atom is 0.238 e. The first-order valence-corrected chi connectivity index (χ1v) is 12.7. The number of likely N-dealkylation sites (N-methyl/N-ethyl adjacent to an activating group) is 1. The lowest BCUT2D eigenvalue weighted by Crippen LogP contribution is -2.38. The second kappa shape index (κ2) is 13.8. The zero-order valence-corrected chi connectivity index (χ0v) is 21.3. The van der Waals surface area contributed by atoms with Gasteiger partial charge in [-0.25, -0.2) is 0 Å². The molecule has 1 aliphatic heterocycles. The predicted molar refractivity (Wildman–Crippen MR) is 136 cm³/mol. The van der Waals surface area contributed by atoms with Gasteiger partial charge in [-0.05, 0) is 52.1 Å². The SMILES string of the molecule is CCNC(=O)C(C#N)CC1SC(CCNc2cccc(NC(=O)CN(C)CC)c2)C(=O)N1CC. The second-order valence-electron chi connectivity index (χ2n) is 8.19. The van der Waals surface area contributed by atoms with Crippen LogP contribution in [-0.2, 0) is 14.4 Å². The number of anilines is 2. The van der Waals surface area contributed by atoms with Crippen molar-refractivity contribution in [3.8, 4) is 6.07 Å². The van der Waals surface area contributed by atoms with Crippen LogP contribution < -0.4 is 16.0 Å². The van der Waals surface area contributed by atoms with Gasteiger partial charge in [0.2, 0.25) is 17.7 Å². The van der Waals surface area contributed by atoms with Gasteiger partial charge in [-0.3, -0.25) is 19.3 Å². The van der Waals surface area contributed by atoms with Crippen molar-refractivity contribution >= 4 is 40.9 Å². The molecule has 1 aliphatic rings. The number of carbonyl (C=O) groups is 3. The third-order valence-electron chi connectivity index (χ3n) is 5.66. The summed E-state index contributed by atoms with van der Waals surface area (Å²) in [7, 11) is 1.89. The van der Waals surface area contributed by atoms with Crippen molar-refractivity contribution in [1.29, 1.82) is 5.26 Å². The van der Waals surface area contributed by atoms with Crippen molar-refractivity contribution in [2.75, 3.05) is 50.4 Å². The number of amides is 3. The first-order chi connectivity index (χ1) is 16.3. The lowest BCUT2D eigenvalue weighted by Gasteiger charge is -2.23. The molecule has 0 aliphatic carbocycles. The Hall–Kier alpha value is -2.77. The molecule has 3 N–H and O–H groups in total. The fraction of sp³-hybridized carbons (Fsp3) is 0.583. The topological polar surface area (TPSA) is 118 Å². The van der Waals surface area contributed by atoms with E-state index >= 15 is 0 Å². The summed E-state index contributed by atoms with van der Waals surface area (Å²) in [6.45, 7) is 8.46. The Bertz CT molecular complexity index is 890. The number of hydrogen-bond donors (Lipinski definition) is 3. The molecule has 1 aromatic carbocycles. The number of nitrogens with zero attached hydrogens (tertiary/aromatic N) is 3. The lowest BCUT2D eigenvalue weighted by atomic mass is 10.1. The lowest BCUT2D eigenvalue weighted by molar-refractivity contribution is -0.131.